The number of rotatable bonds is 6. The Bertz CT molecular complexity index is 657. The van der Waals surface area contributed by atoms with E-state index in [0.717, 1.165) is 16.4 Å². The Kier molecular flexibility index (Phi) is 5.54. The largest absolute Gasteiger partial charge is 0.372 e. The van der Waals surface area contributed by atoms with E-state index in [1.807, 2.05) is 25.3 Å². The van der Waals surface area contributed by atoms with Crippen LogP contribution in [0.5, 0.6) is 0 Å². The van der Waals surface area contributed by atoms with Crippen molar-refractivity contribution in [3.63, 3.8) is 0 Å². The second kappa shape index (κ2) is 7.23. The van der Waals surface area contributed by atoms with E-state index >= 15 is 0 Å². The molecule has 2 aromatic heterocycles. The number of nitrogens with zero attached hydrogens (tertiary/aromatic N) is 2. The van der Waals surface area contributed by atoms with Gasteiger partial charge in [-0.15, -0.1) is 11.3 Å². The summed E-state index contributed by atoms with van der Waals surface area (Å²) in [5.41, 5.74) is 1.70. The van der Waals surface area contributed by atoms with Crippen LogP contribution in [0, 0.1) is 0 Å². The lowest BCUT2D eigenvalue weighted by Gasteiger charge is -2.14. The van der Waals surface area contributed by atoms with Crippen LogP contribution in [-0.4, -0.2) is 27.7 Å². The van der Waals surface area contributed by atoms with E-state index in [9.17, 15) is 4.79 Å². The Morgan fingerprint density at radius 3 is 2.83 bits per heavy atom. The molecule has 2 rings (SSSR count). The van der Waals surface area contributed by atoms with Gasteiger partial charge in [0.25, 0.3) is 0 Å². The van der Waals surface area contributed by atoms with Crippen molar-refractivity contribution in [3.05, 3.63) is 27.8 Å². The summed E-state index contributed by atoms with van der Waals surface area (Å²) in [5, 5.41) is 12.7. The van der Waals surface area contributed by atoms with Gasteiger partial charge in [-0.05, 0) is 13.8 Å². The smallest absolute Gasteiger partial charge is 0.231 e. The Morgan fingerprint density at radius 1 is 1.48 bits per heavy atom. The summed E-state index contributed by atoms with van der Waals surface area (Å²) in [7, 11) is 0. The molecule has 1 atom stereocenters. The summed E-state index contributed by atoms with van der Waals surface area (Å²) in [6, 6.07) is 1.86. The molecule has 0 aliphatic rings. The van der Waals surface area contributed by atoms with Crippen molar-refractivity contribution in [1.29, 1.82) is 0 Å². The fourth-order valence-electron chi connectivity index (χ4n) is 2.03. The Hall–Kier alpha value is -1.73. The molecule has 0 fully saturated rings. The number of hydrogen-bond acceptors (Lipinski definition) is 5. The van der Waals surface area contributed by atoms with Crippen molar-refractivity contribution < 1.29 is 9.53 Å². The number of hydrogen-bond donors (Lipinski definition) is 2. The van der Waals surface area contributed by atoms with Crippen molar-refractivity contribution in [2.75, 3.05) is 11.9 Å². The van der Waals surface area contributed by atoms with Gasteiger partial charge in [-0.3, -0.25) is 9.89 Å². The second-order valence-electron chi connectivity index (χ2n) is 6.42. The first-order chi connectivity index (χ1) is 10.8. The van der Waals surface area contributed by atoms with Gasteiger partial charge in [-0.1, -0.05) is 20.8 Å². The van der Waals surface area contributed by atoms with Crippen LogP contribution in [0.2, 0.25) is 0 Å². The van der Waals surface area contributed by atoms with E-state index < -0.39 is 0 Å². The van der Waals surface area contributed by atoms with Gasteiger partial charge in [0, 0.05) is 29.2 Å². The molecule has 0 saturated carbocycles. The number of carbonyl (C=O) groups excluding carboxylic acids is 1. The Morgan fingerprint density at radius 2 is 2.22 bits per heavy atom. The van der Waals surface area contributed by atoms with Crippen LogP contribution in [0.25, 0.3) is 0 Å². The summed E-state index contributed by atoms with van der Waals surface area (Å²) in [4.78, 5) is 16.6. The predicted octanol–water partition coefficient (Wildman–Crippen LogP) is 3.44. The molecule has 0 unspecified atom stereocenters. The first-order valence-corrected chi connectivity index (χ1v) is 8.59. The zero-order valence-corrected chi connectivity index (χ0v) is 15.1. The van der Waals surface area contributed by atoms with Gasteiger partial charge < -0.3 is 10.1 Å². The molecule has 2 heterocycles. The van der Waals surface area contributed by atoms with Crippen LogP contribution >= 0.6 is 11.3 Å². The first kappa shape index (κ1) is 17.6. The lowest BCUT2D eigenvalue weighted by Crippen LogP contribution is -2.15. The molecule has 23 heavy (non-hydrogen) atoms. The zero-order valence-electron chi connectivity index (χ0n) is 14.3. The molecule has 0 aromatic carbocycles. The Labute approximate surface area is 140 Å². The highest BCUT2D eigenvalue weighted by Gasteiger charge is 2.18. The molecule has 1 amide bonds. The van der Waals surface area contributed by atoms with Crippen LogP contribution in [-0.2, 0) is 21.4 Å². The number of ether oxygens (including phenoxy) is 1. The maximum absolute atomic E-state index is 12.1. The van der Waals surface area contributed by atoms with E-state index in [0.29, 0.717) is 12.4 Å². The van der Waals surface area contributed by atoms with Crippen molar-refractivity contribution >= 4 is 23.1 Å². The van der Waals surface area contributed by atoms with E-state index in [4.69, 9.17) is 4.74 Å². The lowest BCUT2D eigenvalue weighted by atomic mass is 9.92. The molecule has 0 radical (unpaired) electrons. The normalized spacial score (nSPS) is 13.1. The van der Waals surface area contributed by atoms with Crippen molar-refractivity contribution in [2.24, 2.45) is 0 Å². The molecule has 7 heteroatoms. The van der Waals surface area contributed by atoms with E-state index in [2.05, 4.69) is 41.3 Å². The third kappa shape index (κ3) is 4.87. The average Bonchev–Trinajstić information content (AvgIpc) is 3.07. The van der Waals surface area contributed by atoms with Gasteiger partial charge in [0.15, 0.2) is 5.82 Å². The maximum atomic E-state index is 12.1. The van der Waals surface area contributed by atoms with Crippen molar-refractivity contribution in [1.82, 2.24) is 15.2 Å². The summed E-state index contributed by atoms with van der Waals surface area (Å²) in [6.07, 6.45) is 0.190. The summed E-state index contributed by atoms with van der Waals surface area (Å²) >= 11 is 1.52. The Balaban J connectivity index is 1.93. The summed E-state index contributed by atoms with van der Waals surface area (Å²) in [6.45, 7) is 10.8. The minimum atomic E-state index is -0.127. The number of aromatic amines is 1. The van der Waals surface area contributed by atoms with E-state index in [1.165, 1.54) is 11.3 Å². The van der Waals surface area contributed by atoms with Crippen LogP contribution < -0.4 is 5.32 Å². The van der Waals surface area contributed by atoms with Gasteiger partial charge in [-0.2, -0.15) is 5.10 Å². The third-order valence-electron chi connectivity index (χ3n) is 3.33. The molecule has 0 saturated heterocycles. The molecule has 2 N–H and O–H groups in total. The number of amides is 1. The monoisotopic (exact) mass is 336 g/mol. The fraction of sp³-hybridized carbons (Fsp3) is 0.562. The molecular weight excluding hydrogens is 312 g/mol. The SMILES string of the molecule is CCO[C@H](C)c1nc(CC(=O)Nc2cc(C(C)(C)C)[nH]n2)cs1. The summed E-state index contributed by atoms with van der Waals surface area (Å²) < 4.78 is 5.51. The molecule has 2 aromatic rings. The van der Waals surface area contributed by atoms with Crippen LogP contribution in [0.4, 0.5) is 5.82 Å². The molecule has 0 spiro atoms. The number of thiazole rings is 1. The highest BCUT2D eigenvalue weighted by Crippen LogP contribution is 2.23. The topological polar surface area (TPSA) is 79.9 Å². The van der Waals surface area contributed by atoms with Gasteiger partial charge >= 0.3 is 0 Å². The first-order valence-electron chi connectivity index (χ1n) is 7.71. The third-order valence-corrected chi connectivity index (χ3v) is 4.38. The highest BCUT2D eigenvalue weighted by molar-refractivity contribution is 7.09. The quantitative estimate of drug-likeness (QED) is 0.847. The van der Waals surface area contributed by atoms with Gasteiger partial charge in [-0.25, -0.2) is 4.98 Å². The fourth-order valence-corrected chi connectivity index (χ4v) is 2.86. The number of anilines is 1. The maximum Gasteiger partial charge on any atom is 0.231 e. The molecule has 0 aliphatic carbocycles. The highest BCUT2D eigenvalue weighted by atomic mass is 32.1. The molecule has 6 nitrogen and oxygen atoms in total. The number of H-pyrrole nitrogens is 1. The zero-order chi connectivity index (χ0) is 17.0. The predicted molar refractivity (Wildman–Crippen MR) is 91.8 cm³/mol. The van der Waals surface area contributed by atoms with Crippen LogP contribution in [0.1, 0.15) is 57.1 Å². The van der Waals surface area contributed by atoms with Gasteiger partial charge in [0.2, 0.25) is 5.91 Å². The summed E-state index contributed by atoms with van der Waals surface area (Å²) in [5.74, 6) is 0.413. The minimum Gasteiger partial charge on any atom is -0.372 e. The van der Waals surface area contributed by atoms with Crippen molar-refractivity contribution in [3.8, 4) is 0 Å². The van der Waals surface area contributed by atoms with Crippen molar-refractivity contribution in [2.45, 2.75) is 52.6 Å². The van der Waals surface area contributed by atoms with E-state index in [-0.39, 0.29) is 23.8 Å². The van der Waals surface area contributed by atoms with Crippen LogP contribution in [0.15, 0.2) is 11.4 Å². The van der Waals surface area contributed by atoms with Gasteiger partial charge in [0.1, 0.15) is 11.1 Å². The number of aromatic nitrogens is 3. The molecular formula is C16H24N4O2S. The standard InChI is InChI=1S/C16H24N4O2S/c1-6-22-10(2)15-17-11(9-23-15)7-14(21)18-13-8-12(19-20-13)16(3,4)5/h8-10H,6-7H2,1-5H3,(H2,18,19,20,21)/t10-/m1/s1. The number of nitrogens with one attached hydrogen (secondary N) is 2. The van der Waals surface area contributed by atoms with Crippen LogP contribution in [0.3, 0.4) is 0 Å². The minimum absolute atomic E-state index is 0.0325. The van der Waals surface area contributed by atoms with Gasteiger partial charge in [0.05, 0.1) is 12.1 Å². The van der Waals surface area contributed by atoms with E-state index in [1.54, 1.807) is 0 Å². The molecule has 0 aliphatic heterocycles. The molecule has 0 bridgehead atoms. The molecule has 126 valence electrons. The average molecular weight is 336 g/mol. The lowest BCUT2D eigenvalue weighted by molar-refractivity contribution is -0.115. The number of carbonyl (C=O) groups is 1. The second-order valence-corrected chi connectivity index (χ2v) is 7.31.